The molecular formula is C30H46FN5O2. The van der Waals surface area contributed by atoms with Crippen LogP contribution in [0.25, 0.3) is 10.9 Å². The van der Waals surface area contributed by atoms with Crippen molar-refractivity contribution in [3.63, 3.8) is 0 Å². The number of nitrogens with one attached hydrogen (secondary N) is 1. The van der Waals surface area contributed by atoms with E-state index >= 15 is 0 Å². The van der Waals surface area contributed by atoms with Gasteiger partial charge in [0.2, 0.25) is 0 Å². The van der Waals surface area contributed by atoms with E-state index in [0.29, 0.717) is 11.3 Å². The van der Waals surface area contributed by atoms with Gasteiger partial charge in [0.15, 0.2) is 0 Å². The molecule has 2 heterocycles. The van der Waals surface area contributed by atoms with E-state index in [1.807, 2.05) is 32.4 Å². The van der Waals surface area contributed by atoms with E-state index in [1.54, 1.807) is 19.1 Å². The number of nitrogens with zero attached hydrogens (tertiary/aromatic N) is 4. The van der Waals surface area contributed by atoms with Crippen molar-refractivity contribution in [3.05, 3.63) is 41.9 Å². The lowest BCUT2D eigenvalue weighted by Gasteiger charge is -2.45. The number of halogens is 1. The number of aromatic nitrogens is 2. The Morgan fingerprint density at radius 1 is 1.16 bits per heavy atom. The Balaban J connectivity index is 1.85. The van der Waals surface area contributed by atoms with Crippen LogP contribution in [0.4, 0.5) is 4.39 Å². The molecule has 3 rings (SSSR count). The van der Waals surface area contributed by atoms with Crippen LogP contribution in [0.3, 0.4) is 0 Å². The molecular weight excluding hydrogens is 481 g/mol. The van der Waals surface area contributed by atoms with E-state index in [0.717, 1.165) is 42.5 Å². The van der Waals surface area contributed by atoms with E-state index in [4.69, 9.17) is 14.8 Å². The number of ether oxygens (including phenoxy) is 1. The Hall–Kier alpha value is -2.58. The summed E-state index contributed by atoms with van der Waals surface area (Å²) in [5, 5.41) is 8.78. The second kappa shape index (κ2) is 10.9. The van der Waals surface area contributed by atoms with Gasteiger partial charge in [-0.2, -0.15) is 5.10 Å². The van der Waals surface area contributed by atoms with Gasteiger partial charge in [-0.25, -0.2) is 4.39 Å². The van der Waals surface area contributed by atoms with Gasteiger partial charge in [-0.05, 0) is 100 Å². The van der Waals surface area contributed by atoms with Gasteiger partial charge < -0.3 is 10.1 Å². The number of carbonyl (C=O) groups excluding carboxylic acids is 1. The summed E-state index contributed by atoms with van der Waals surface area (Å²) in [6.07, 6.45) is 1.76. The number of aliphatic imine (C=N–C) groups is 1. The Labute approximate surface area is 227 Å². The maximum Gasteiger partial charge on any atom is 0.252 e. The predicted octanol–water partition coefficient (Wildman–Crippen LogP) is 6.36. The van der Waals surface area contributed by atoms with Crippen LogP contribution < -0.4 is 5.32 Å². The number of benzene rings is 1. The normalized spacial score (nSPS) is 17.6. The van der Waals surface area contributed by atoms with Gasteiger partial charge in [-0.1, -0.05) is 6.58 Å². The SMILES string of the molecule is C=C(C(=O)NC(C)(C)C)C(C)=NC(C)c1nn(C2CCN(C(C)(C)OC(C)(C)C)CC2)c2cc(F)ccc12. The number of piperidine rings is 1. The van der Waals surface area contributed by atoms with Crippen molar-refractivity contribution in [1.82, 2.24) is 20.0 Å². The predicted molar refractivity (Wildman–Crippen MR) is 153 cm³/mol. The molecule has 0 saturated carbocycles. The molecule has 210 valence electrons. The van der Waals surface area contributed by atoms with Crippen LogP contribution in [-0.2, 0) is 9.53 Å². The van der Waals surface area contributed by atoms with Gasteiger partial charge in [0.1, 0.15) is 11.5 Å². The largest absolute Gasteiger partial charge is 0.355 e. The monoisotopic (exact) mass is 527 g/mol. The molecule has 0 aliphatic carbocycles. The molecule has 1 aliphatic heterocycles. The fraction of sp³-hybridized carbons (Fsp3) is 0.633. The smallest absolute Gasteiger partial charge is 0.252 e. The summed E-state index contributed by atoms with van der Waals surface area (Å²) in [4.78, 5) is 19.7. The summed E-state index contributed by atoms with van der Waals surface area (Å²) >= 11 is 0. The third-order valence-corrected chi connectivity index (χ3v) is 6.81. The molecule has 1 saturated heterocycles. The Morgan fingerprint density at radius 2 is 1.76 bits per heavy atom. The maximum atomic E-state index is 14.4. The third-order valence-electron chi connectivity index (χ3n) is 6.81. The molecule has 1 amide bonds. The average Bonchev–Trinajstić information content (AvgIpc) is 3.14. The van der Waals surface area contributed by atoms with Gasteiger partial charge in [0.25, 0.3) is 5.91 Å². The van der Waals surface area contributed by atoms with Crippen LogP contribution in [0, 0.1) is 5.82 Å². The number of carbonyl (C=O) groups is 1. The van der Waals surface area contributed by atoms with Crippen LogP contribution in [0.1, 0.15) is 99.9 Å². The van der Waals surface area contributed by atoms with Crippen molar-refractivity contribution < 1.29 is 13.9 Å². The lowest BCUT2D eigenvalue weighted by molar-refractivity contribution is -0.198. The Morgan fingerprint density at radius 3 is 2.32 bits per heavy atom. The first-order valence-electron chi connectivity index (χ1n) is 13.6. The second-order valence-electron chi connectivity index (χ2n) is 12.9. The average molecular weight is 528 g/mol. The molecule has 1 aromatic carbocycles. The van der Waals surface area contributed by atoms with E-state index in [2.05, 4.69) is 51.4 Å². The minimum absolute atomic E-state index is 0.138. The molecule has 7 nitrogen and oxygen atoms in total. The quantitative estimate of drug-likeness (QED) is 0.336. The summed E-state index contributed by atoms with van der Waals surface area (Å²) < 4.78 is 22.7. The summed E-state index contributed by atoms with van der Waals surface area (Å²) in [7, 11) is 0. The molecule has 0 spiro atoms. The summed E-state index contributed by atoms with van der Waals surface area (Å²) in [5.74, 6) is -0.532. The number of fused-ring (bicyclic) bond motifs is 1. The molecule has 8 heteroatoms. The van der Waals surface area contributed by atoms with Crippen LogP contribution in [0.15, 0.2) is 35.3 Å². The lowest BCUT2D eigenvalue weighted by Crippen LogP contribution is -2.52. The highest BCUT2D eigenvalue weighted by Crippen LogP contribution is 2.35. The van der Waals surface area contributed by atoms with Crippen molar-refractivity contribution in [2.24, 2.45) is 4.99 Å². The van der Waals surface area contributed by atoms with Crippen LogP contribution in [0.5, 0.6) is 0 Å². The van der Waals surface area contributed by atoms with Gasteiger partial charge in [-0.3, -0.25) is 19.4 Å². The highest BCUT2D eigenvalue weighted by molar-refractivity contribution is 6.20. The zero-order valence-electron chi connectivity index (χ0n) is 24.9. The number of likely N-dealkylation sites (tertiary alicyclic amines) is 1. The summed E-state index contributed by atoms with van der Waals surface area (Å²) in [6.45, 7) is 25.6. The Bertz CT molecular complexity index is 1210. The van der Waals surface area contributed by atoms with Crippen molar-refractivity contribution in [3.8, 4) is 0 Å². The number of hydrogen-bond donors (Lipinski definition) is 1. The van der Waals surface area contributed by atoms with Crippen molar-refractivity contribution in [1.29, 1.82) is 0 Å². The van der Waals surface area contributed by atoms with E-state index < -0.39 is 0 Å². The number of hydrogen-bond acceptors (Lipinski definition) is 5. The molecule has 2 aromatic rings. The molecule has 1 aliphatic rings. The number of rotatable bonds is 7. The van der Waals surface area contributed by atoms with Gasteiger partial charge in [0.05, 0.1) is 34.5 Å². The first-order valence-corrected chi connectivity index (χ1v) is 13.6. The van der Waals surface area contributed by atoms with Crippen LogP contribution >= 0.6 is 0 Å². The van der Waals surface area contributed by atoms with Gasteiger partial charge in [0, 0.05) is 29.7 Å². The zero-order chi connectivity index (χ0) is 28.6. The van der Waals surface area contributed by atoms with Crippen molar-refractivity contribution in [2.45, 2.75) is 111 Å². The fourth-order valence-electron chi connectivity index (χ4n) is 5.19. The van der Waals surface area contributed by atoms with E-state index in [1.165, 1.54) is 6.07 Å². The minimum atomic E-state index is -0.380. The molecule has 0 bridgehead atoms. The van der Waals surface area contributed by atoms with E-state index in [-0.39, 0.29) is 40.7 Å². The van der Waals surface area contributed by atoms with Gasteiger partial charge >= 0.3 is 0 Å². The third kappa shape index (κ3) is 7.29. The Kier molecular flexibility index (Phi) is 8.59. The minimum Gasteiger partial charge on any atom is -0.355 e. The topological polar surface area (TPSA) is 71.8 Å². The van der Waals surface area contributed by atoms with Gasteiger partial charge in [-0.15, -0.1) is 0 Å². The molecule has 1 atom stereocenters. The molecule has 38 heavy (non-hydrogen) atoms. The number of amides is 1. The highest BCUT2D eigenvalue weighted by atomic mass is 19.1. The zero-order valence-corrected chi connectivity index (χ0v) is 24.9. The highest BCUT2D eigenvalue weighted by Gasteiger charge is 2.35. The maximum absolute atomic E-state index is 14.4. The molecule has 1 N–H and O–H groups in total. The summed E-state index contributed by atoms with van der Waals surface area (Å²) in [5.41, 5.74) is 1.43. The first-order chi connectivity index (χ1) is 17.4. The lowest BCUT2D eigenvalue weighted by atomic mass is 10.0. The molecule has 0 radical (unpaired) electrons. The fourth-order valence-corrected chi connectivity index (χ4v) is 5.19. The van der Waals surface area contributed by atoms with Crippen molar-refractivity contribution in [2.75, 3.05) is 13.1 Å². The first kappa shape index (κ1) is 30.0. The van der Waals surface area contributed by atoms with E-state index in [9.17, 15) is 9.18 Å². The molecule has 1 aromatic heterocycles. The van der Waals surface area contributed by atoms with Crippen molar-refractivity contribution >= 4 is 22.5 Å². The standard InChI is InChI=1S/C30H46FN5O2/c1-19(27(37)33-28(4,5)6)20(2)32-21(3)26-24-13-12-22(31)18-25(24)36(34-26)23-14-16-35(17-15-23)30(10,11)38-29(7,8)9/h12-13,18,21,23H,1,14-17H2,2-11H3,(H,33,37). The second-order valence-corrected chi connectivity index (χ2v) is 12.9. The summed E-state index contributed by atoms with van der Waals surface area (Å²) in [6, 6.07) is 4.61. The van der Waals surface area contributed by atoms with Crippen LogP contribution in [-0.4, -0.2) is 56.3 Å². The van der Waals surface area contributed by atoms with Crippen LogP contribution in [0.2, 0.25) is 0 Å². The molecule has 1 fully saturated rings. The molecule has 1 unspecified atom stereocenters.